The van der Waals surface area contributed by atoms with E-state index in [-0.39, 0.29) is 5.92 Å². The molecule has 0 aromatic carbocycles. The highest BCUT2D eigenvalue weighted by Crippen LogP contribution is 2.48. The Balaban J connectivity index is 2.37. The lowest BCUT2D eigenvalue weighted by Crippen LogP contribution is -2.39. The molecule has 0 amide bonds. The van der Waals surface area contributed by atoms with E-state index in [1.54, 1.807) is 6.20 Å². The number of nitrogens with two attached hydrogens (primary N) is 1. The highest BCUT2D eigenvalue weighted by atomic mass is 16.4. The number of aliphatic carboxylic acids is 1. The fraction of sp³-hybridized carbons (Fsp3) is 0.714. The van der Waals surface area contributed by atoms with Crippen molar-refractivity contribution in [2.24, 2.45) is 11.1 Å². The lowest BCUT2D eigenvalue weighted by atomic mass is 9.72. The van der Waals surface area contributed by atoms with Crippen molar-refractivity contribution < 1.29 is 9.90 Å². The van der Waals surface area contributed by atoms with Crippen LogP contribution in [0.1, 0.15) is 50.6 Å². The molecule has 1 heterocycles. The second-order valence-corrected chi connectivity index (χ2v) is 5.44. The van der Waals surface area contributed by atoms with Crippen molar-refractivity contribution in [3.8, 4) is 0 Å². The zero-order chi connectivity index (χ0) is 13.9. The molecule has 1 fully saturated rings. The van der Waals surface area contributed by atoms with E-state index in [0.29, 0.717) is 6.54 Å². The smallest absolute Gasteiger partial charge is 0.310 e. The van der Waals surface area contributed by atoms with E-state index in [4.69, 9.17) is 5.73 Å². The van der Waals surface area contributed by atoms with Crippen LogP contribution >= 0.6 is 0 Å². The van der Waals surface area contributed by atoms with Crippen LogP contribution in [-0.2, 0) is 11.3 Å². The van der Waals surface area contributed by atoms with Crippen LogP contribution in [0.3, 0.4) is 0 Å². The van der Waals surface area contributed by atoms with E-state index >= 15 is 0 Å². The van der Waals surface area contributed by atoms with Crippen LogP contribution in [0.2, 0.25) is 0 Å². The maximum atomic E-state index is 11.8. The summed E-state index contributed by atoms with van der Waals surface area (Å²) in [6.07, 6.45) is 6.13. The number of carboxylic acid groups (broad SMARTS) is 1. The standard InChI is InChI=1S/C14H23N3O2/c1-2-9-17-12(5-8-16-17)11(10-15)14(13(18)19)6-3-4-7-14/h5,8,11H,2-4,6-7,9-10,15H2,1H3,(H,18,19)/t11-/m1/s1. The molecule has 1 aromatic heterocycles. The number of rotatable bonds is 6. The summed E-state index contributed by atoms with van der Waals surface area (Å²) >= 11 is 0. The molecular weight excluding hydrogens is 242 g/mol. The first-order valence-electron chi connectivity index (χ1n) is 7.11. The molecule has 1 aromatic rings. The summed E-state index contributed by atoms with van der Waals surface area (Å²) in [4.78, 5) is 11.8. The van der Waals surface area contributed by atoms with Crippen molar-refractivity contribution in [3.05, 3.63) is 18.0 Å². The molecule has 1 saturated carbocycles. The fourth-order valence-corrected chi connectivity index (χ4v) is 3.38. The number of hydrogen-bond donors (Lipinski definition) is 2. The molecule has 2 rings (SSSR count). The summed E-state index contributed by atoms with van der Waals surface area (Å²) in [6, 6.07) is 1.93. The van der Waals surface area contributed by atoms with Gasteiger partial charge in [-0.05, 0) is 25.3 Å². The topological polar surface area (TPSA) is 81.1 Å². The van der Waals surface area contributed by atoms with Gasteiger partial charge in [0.15, 0.2) is 0 Å². The maximum absolute atomic E-state index is 11.8. The number of hydrogen-bond acceptors (Lipinski definition) is 3. The molecule has 19 heavy (non-hydrogen) atoms. The van der Waals surface area contributed by atoms with Crippen molar-refractivity contribution >= 4 is 5.97 Å². The van der Waals surface area contributed by atoms with E-state index in [0.717, 1.165) is 44.3 Å². The minimum Gasteiger partial charge on any atom is -0.481 e. The van der Waals surface area contributed by atoms with Gasteiger partial charge in [-0.15, -0.1) is 0 Å². The minimum atomic E-state index is -0.704. The van der Waals surface area contributed by atoms with E-state index < -0.39 is 11.4 Å². The van der Waals surface area contributed by atoms with Gasteiger partial charge in [0.2, 0.25) is 0 Å². The van der Waals surface area contributed by atoms with Crippen LogP contribution in [0, 0.1) is 5.41 Å². The lowest BCUT2D eigenvalue weighted by molar-refractivity contribution is -0.150. The van der Waals surface area contributed by atoms with E-state index in [9.17, 15) is 9.90 Å². The van der Waals surface area contributed by atoms with Gasteiger partial charge in [0.25, 0.3) is 0 Å². The first-order chi connectivity index (χ1) is 9.15. The predicted molar refractivity (Wildman–Crippen MR) is 72.9 cm³/mol. The van der Waals surface area contributed by atoms with Crippen LogP contribution < -0.4 is 5.73 Å². The molecule has 5 heteroatoms. The SMILES string of the molecule is CCCn1nccc1[C@@H](CN)C1(C(=O)O)CCCC1. The minimum absolute atomic E-state index is 0.137. The van der Waals surface area contributed by atoms with Crippen molar-refractivity contribution in [1.29, 1.82) is 0 Å². The molecule has 5 nitrogen and oxygen atoms in total. The highest BCUT2D eigenvalue weighted by Gasteiger charge is 2.48. The molecule has 0 saturated heterocycles. The Bertz CT molecular complexity index is 436. The molecule has 3 N–H and O–H groups in total. The summed E-state index contributed by atoms with van der Waals surface area (Å²) in [7, 11) is 0. The molecular formula is C14H23N3O2. The Morgan fingerprint density at radius 2 is 2.26 bits per heavy atom. The second-order valence-electron chi connectivity index (χ2n) is 5.44. The number of carboxylic acids is 1. The van der Waals surface area contributed by atoms with Gasteiger partial charge in [0, 0.05) is 30.9 Å². The van der Waals surface area contributed by atoms with Crippen molar-refractivity contribution in [1.82, 2.24) is 9.78 Å². The third-order valence-corrected chi connectivity index (χ3v) is 4.37. The van der Waals surface area contributed by atoms with Crippen molar-refractivity contribution in [2.45, 2.75) is 51.5 Å². The molecule has 0 radical (unpaired) electrons. The summed E-state index contributed by atoms with van der Waals surface area (Å²) in [6.45, 7) is 3.27. The average molecular weight is 265 g/mol. The van der Waals surface area contributed by atoms with Gasteiger partial charge >= 0.3 is 5.97 Å². The van der Waals surface area contributed by atoms with Gasteiger partial charge in [-0.2, -0.15) is 5.10 Å². The molecule has 0 spiro atoms. The van der Waals surface area contributed by atoms with Crippen molar-refractivity contribution in [3.63, 3.8) is 0 Å². The lowest BCUT2D eigenvalue weighted by Gasteiger charge is -2.33. The maximum Gasteiger partial charge on any atom is 0.310 e. The number of carbonyl (C=O) groups is 1. The normalized spacial score (nSPS) is 19.5. The van der Waals surface area contributed by atoms with Crippen LogP contribution in [0.4, 0.5) is 0 Å². The Labute approximate surface area is 113 Å². The Hall–Kier alpha value is -1.36. The number of aryl methyl sites for hydroxylation is 1. The van der Waals surface area contributed by atoms with Gasteiger partial charge in [-0.3, -0.25) is 9.48 Å². The summed E-state index contributed by atoms with van der Waals surface area (Å²) in [5, 5.41) is 14.0. The monoisotopic (exact) mass is 265 g/mol. The first kappa shape index (κ1) is 14.1. The van der Waals surface area contributed by atoms with Gasteiger partial charge in [-0.1, -0.05) is 19.8 Å². The summed E-state index contributed by atoms with van der Waals surface area (Å²) in [5.74, 6) is -0.841. The molecule has 0 bridgehead atoms. The zero-order valence-corrected chi connectivity index (χ0v) is 11.5. The molecule has 106 valence electrons. The molecule has 0 aliphatic heterocycles. The van der Waals surface area contributed by atoms with Gasteiger partial charge in [-0.25, -0.2) is 0 Å². The third-order valence-electron chi connectivity index (χ3n) is 4.37. The van der Waals surface area contributed by atoms with Gasteiger partial charge in [0.1, 0.15) is 0 Å². The molecule has 1 aliphatic rings. The number of aromatic nitrogens is 2. The van der Waals surface area contributed by atoms with E-state index in [1.807, 2.05) is 10.7 Å². The third kappa shape index (κ3) is 2.39. The Kier molecular flexibility index (Phi) is 4.24. The quantitative estimate of drug-likeness (QED) is 0.824. The number of nitrogens with zero attached hydrogens (tertiary/aromatic N) is 2. The van der Waals surface area contributed by atoms with E-state index in [2.05, 4.69) is 12.0 Å². The predicted octanol–water partition coefficient (Wildman–Crippen LogP) is 1.98. The Morgan fingerprint density at radius 1 is 1.58 bits per heavy atom. The molecule has 1 atom stereocenters. The van der Waals surface area contributed by atoms with Crippen LogP contribution in [0.15, 0.2) is 12.3 Å². The van der Waals surface area contributed by atoms with E-state index in [1.165, 1.54) is 0 Å². The zero-order valence-electron chi connectivity index (χ0n) is 11.5. The van der Waals surface area contributed by atoms with Crippen LogP contribution in [0.5, 0.6) is 0 Å². The summed E-state index contributed by atoms with van der Waals surface area (Å²) < 4.78 is 1.92. The Morgan fingerprint density at radius 3 is 2.79 bits per heavy atom. The molecule has 1 aliphatic carbocycles. The van der Waals surface area contributed by atoms with Gasteiger partial charge in [0.05, 0.1) is 5.41 Å². The van der Waals surface area contributed by atoms with Crippen LogP contribution in [0.25, 0.3) is 0 Å². The highest BCUT2D eigenvalue weighted by molar-refractivity contribution is 5.76. The fourth-order valence-electron chi connectivity index (χ4n) is 3.38. The first-order valence-corrected chi connectivity index (χ1v) is 7.11. The summed E-state index contributed by atoms with van der Waals surface area (Å²) in [5.41, 5.74) is 6.21. The van der Waals surface area contributed by atoms with Gasteiger partial charge < -0.3 is 10.8 Å². The molecule has 0 unspecified atom stereocenters. The average Bonchev–Trinajstić information content (AvgIpc) is 3.02. The van der Waals surface area contributed by atoms with Crippen LogP contribution in [-0.4, -0.2) is 27.4 Å². The largest absolute Gasteiger partial charge is 0.481 e. The second kappa shape index (κ2) is 5.74. The van der Waals surface area contributed by atoms with Crippen molar-refractivity contribution in [2.75, 3.05) is 6.54 Å².